The van der Waals surface area contributed by atoms with E-state index in [9.17, 15) is 18.0 Å². The summed E-state index contributed by atoms with van der Waals surface area (Å²) in [6, 6.07) is 13.3. The van der Waals surface area contributed by atoms with Gasteiger partial charge in [0.2, 0.25) is 0 Å². The summed E-state index contributed by atoms with van der Waals surface area (Å²) in [5.41, 5.74) is 2.30. The second-order valence-corrected chi connectivity index (χ2v) is 6.97. The van der Waals surface area contributed by atoms with Crippen molar-refractivity contribution in [3.05, 3.63) is 71.5 Å². The molecule has 0 atom stereocenters. The molecule has 1 heterocycles. The van der Waals surface area contributed by atoms with Gasteiger partial charge in [0.1, 0.15) is 12.1 Å². The molecule has 6 nitrogen and oxygen atoms in total. The molecule has 29 heavy (non-hydrogen) atoms. The van der Waals surface area contributed by atoms with Crippen molar-refractivity contribution in [3.8, 4) is 5.75 Å². The number of hydrogen-bond donors (Lipinski definition) is 2. The van der Waals surface area contributed by atoms with Gasteiger partial charge in [-0.1, -0.05) is 36.0 Å². The summed E-state index contributed by atoms with van der Waals surface area (Å²) in [7, 11) is 0. The van der Waals surface area contributed by atoms with E-state index in [4.69, 9.17) is 0 Å². The summed E-state index contributed by atoms with van der Waals surface area (Å²) in [5.74, 6) is 0.577. The summed E-state index contributed by atoms with van der Waals surface area (Å²) < 4.78 is 41.1. The van der Waals surface area contributed by atoms with E-state index in [1.807, 2.05) is 12.1 Å². The number of nitrogens with one attached hydrogen (secondary N) is 2. The normalized spacial score (nSPS) is 11.3. The minimum absolute atomic E-state index is 0.121. The van der Waals surface area contributed by atoms with Crippen LogP contribution in [0.2, 0.25) is 0 Å². The number of aromatic amines is 1. The van der Waals surface area contributed by atoms with Crippen LogP contribution in [0.1, 0.15) is 21.5 Å². The molecular weight excluding hydrogens is 405 g/mol. The van der Waals surface area contributed by atoms with Gasteiger partial charge in [0, 0.05) is 17.9 Å². The Morgan fingerprint density at radius 3 is 2.38 bits per heavy atom. The number of thioether (sulfide) groups is 1. The van der Waals surface area contributed by atoms with E-state index in [2.05, 4.69) is 25.2 Å². The molecule has 10 heteroatoms. The van der Waals surface area contributed by atoms with Crippen LogP contribution < -0.4 is 10.1 Å². The van der Waals surface area contributed by atoms with Crippen LogP contribution in [0.15, 0.2) is 60.0 Å². The van der Waals surface area contributed by atoms with Gasteiger partial charge in [0.15, 0.2) is 11.8 Å². The second kappa shape index (κ2) is 9.46. The topological polar surface area (TPSA) is 79.9 Å². The molecule has 2 N–H and O–H groups in total. The zero-order valence-corrected chi connectivity index (χ0v) is 15.9. The highest BCUT2D eigenvalue weighted by molar-refractivity contribution is 7.98. The van der Waals surface area contributed by atoms with Crippen LogP contribution in [-0.4, -0.2) is 33.9 Å². The minimum Gasteiger partial charge on any atom is -0.484 e. The van der Waals surface area contributed by atoms with Crippen molar-refractivity contribution in [2.75, 3.05) is 6.61 Å². The number of H-pyrrole nitrogens is 1. The molecule has 1 amide bonds. The molecule has 0 aliphatic heterocycles. The van der Waals surface area contributed by atoms with Gasteiger partial charge in [-0.2, -0.15) is 18.3 Å². The number of halogens is 3. The van der Waals surface area contributed by atoms with Gasteiger partial charge in [-0.05, 0) is 35.4 Å². The van der Waals surface area contributed by atoms with Crippen molar-refractivity contribution in [2.24, 2.45) is 0 Å². The molecule has 0 fully saturated rings. The molecule has 0 aliphatic carbocycles. The molecule has 3 rings (SSSR count). The Kier molecular flexibility index (Phi) is 6.76. The Balaban J connectivity index is 1.46. The molecule has 0 radical (unpaired) electrons. The van der Waals surface area contributed by atoms with Gasteiger partial charge >= 0.3 is 6.18 Å². The lowest BCUT2D eigenvalue weighted by Gasteiger charge is -2.10. The van der Waals surface area contributed by atoms with E-state index in [0.29, 0.717) is 11.3 Å². The van der Waals surface area contributed by atoms with E-state index in [1.165, 1.54) is 30.2 Å². The smallest absolute Gasteiger partial charge is 0.422 e. The number of carbonyl (C=O) groups is 1. The molecule has 0 bridgehead atoms. The van der Waals surface area contributed by atoms with E-state index in [-0.39, 0.29) is 18.2 Å². The van der Waals surface area contributed by atoms with Crippen LogP contribution in [0, 0.1) is 0 Å². The molecule has 2 aromatic carbocycles. The quantitative estimate of drug-likeness (QED) is 0.537. The van der Waals surface area contributed by atoms with Crippen molar-refractivity contribution in [2.45, 2.75) is 23.6 Å². The number of amides is 1. The van der Waals surface area contributed by atoms with E-state index in [1.54, 1.807) is 24.3 Å². The van der Waals surface area contributed by atoms with Gasteiger partial charge in [-0.15, -0.1) is 0 Å². The molecule has 0 saturated carbocycles. The summed E-state index contributed by atoms with van der Waals surface area (Å²) >= 11 is 1.51. The lowest BCUT2D eigenvalue weighted by atomic mass is 10.1. The number of hydrogen-bond acceptors (Lipinski definition) is 5. The van der Waals surface area contributed by atoms with Crippen molar-refractivity contribution in [1.82, 2.24) is 20.5 Å². The van der Waals surface area contributed by atoms with Crippen molar-refractivity contribution in [3.63, 3.8) is 0 Å². The summed E-state index contributed by atoms with van der Waals surface area (Å²) in [6.07, 6.45) is -2.93. The highest BCUT2D eigenvalue weighted by Gasteiger charge is 2.28. The SMILES string of the molecule is O=C(NCc1ccc(OCC(F)(F)F)cc1)c1ccc(CSc2ncn[nH]2)cc1. The standard InChI is InChI=1S/C19H17F3N4O2S/c20-19(21,22)11-28-16-7-3-13(4-8-16)9-23-17(27)15-5-1-14(2-6-15)10-29-18-24-12-25-26-18/h1-8,12H,9-11H2,(H,23,27)(H,24,25,26). The van der Waals surface area contributed by atoms with Crippen LogP contribution in [0.4, 0.5) is 13.2 Å². The lowest BCUT2D eigenvalue weighted by molar-refractivity contribution is -0.153. The molecule has 152 valence electrons. The number of benzene rings is 2. The summed E-state index contributed by atoms with van der Waals surface area (Å²) in [6.45, 7) is -1.09. The van der Waals surface area contributed by atoms with Crippen molar-refractivity contribution in [1.29, 1.82) is 0 Å². The number of rotatable bonds is 8. The van der Waals surface area contributed by atoms with Crippen LogP contribution in [-0.2, 0) is 12.3 Å². The fraction of sp³-hybridized carbons (Fsp3) is 0.211. The number of carbonyl (C=O) groups excluding carboxylic acids is 1. The van der Waals surface area contributed by atoms with Crippen LogP contribution >= 0.6 is 11.8 Å². The molecule has 0 unspecified atom stereocenters. The van der Waals surface area contributed by atoms with Gasteiger partial charge in [0.05, 0.1) is 0 Å². The number of nitrogens with zero attached hydrogens (tertiary/aromatic N) is 2. The highest BCUT2D eigenvalue weighted by Crippen LogP contribution is 2.20. The predicted molar refractivity (Wildman–Crippen MR) is 102 cm³/mol. The predicted octanol–water partition coefficient (Wildman–Crippen LogP) is 3.97. The number of aromatic nitrogens is 3. The molecule has 0 spiro atoms. The first-order chi connectivity index (χ1) is 13.9. The van der Waals surface area contributed by atoms with Crippen LogP contribution in [0.3, 0.4) is 0 Å². The first-order valence-corrected chi connectivity index (χ1v) is 9.51. The third kappa shape index (κ3) is 6.83. The Morgan fingerprint density at radius 1 is 1.07 bits per heavy atom. The molecule has 0 aliphatic rings. The maximum atomic E-state index is 12.3. The maximum Gasteiger partial charge on any atom is 0.422 e. The third-order valence-corrected chi connectivity index (χ3v) is 4.71. The summed E-state index contributed by atoms with van der Waals surface area (Å²) in [5, 5.41) is 10.0. The monoisotopic (exact) mass is 422 g/mol. The fourth-order valence-corrected chi connectivity index (χ4v) is 3.06. The first-order valence-electron chi connectivity index (χ1n) is 8.53. The first kappa shape index (κ1) is 20.7. The van der Waals surface area contributed by atoms with Gasteiger partial charge in [-0.3, -0.25) is 9.89 Å². The lowest BCUT2D eigenvalue weighted by Crippen LogP contribution is -2.22. The average molecular weight is 422 g/mol. The van der Waals surface area contributed by atoms with Gasteiger partial charge in [0.25, 0.3) is 5.91 Å². The molecule has 3 aromatic rings. The van der Waals surface area contributed by atoms with E-state index in [0.717, 1.165) is 16.3 Å². The van der Waals surface area contributed by atoms with Crippen LogP contribution in [0.5, 0.6) is 5.75 Å². The average Bonchev–Trinajstić information content (AvgIpc) is 3.23. The van der Waals surface area contributed by atoms with E-state index >= 15 is 0 Å². The second-order valence-electron chi connectivity index (χ2n) is 6.01. The zero-order chi connectivity index (χ0) is 20.7. The van der Waals surface area contributed by atoms with E-state index < -0.39 is 12.8 Å². The third-order valence-electron chi connectivity index (χ3n) is 3.76. The molecule has 0 saturated heterocycles. The number of alkyl halides is 3. The van der Waals surface area contributed by atoms with Crippen molar-refractivity contribution < 1.29 is 22.7 Å². The Bertz CT molecular complexity index is 914. The number of ether oxygens (including phenoxy) is 1. The van der Waals surface area contributed by atoms with Gasteiger partial charge < -0.3 is 10.1 Å². The summed E-state index contributed by atoms with van der Waals surface area (Å²) in [4.78, 5) is 16.3. The molecular formula is C19H17F3N4O2S. The zero-order valence-electron chi connectivity index (χ0n) is 15.1. The minimum atomic E-state index is -4.38. The fourth-order valence-electron chi connectivity index (χ4n) is 2.32. The highest BCUT2D eigenvalue weighted by atomic mass is 32.2. The van der Waals surface area contributed by atoms with Crippen LogP contribution in [0.25, 0.3) is 0 Å². The molecule has 1 aromatic heterocycles. The Hall–Kier alpha value is -3.01. The largest absolute Gasteiger partial charge is 0.484 e. The van der Waals surface area contributed by atoms with Gasteiger partial charge in [-0.25, -0.2) is 4.98 Å². The Morgan fingerprint density at radius 2 is 1.76 bits per heavy atom. The Labute approximate surface area is 168 Å². The maximum absolute atomic E-state index is 12.3. The van der Waals surface area contributed by atoms with Crippen molar-refractivity contribution >= 4 is 17.7 Å².